The van der Waals surface area contributed by atoms with E-state index in [0.29, 0.717) is 36.3 Å². The minimum absolute atomic E-state index is 0.0305. The van der Waals surface area contributed by atoms with Crippen LogP contribution < -0.4 is 10.1 Å². The van der Waals surface area contributed by atoms with Gasteiger partial charge in [0.05, 0.1) is 18.1 Å². The van der Waals surface area contributed by atoms with Crippen LogP contribution in [-0.4, -0.2) is 48.2 Å². The number of rotatable bonds is 4. The lowest BCUT2D eigenvalue weighted by atomic mass is 9.92. The first-order chi connectivity index (χ1) is 17.5. The Labute approximate surface area is 208 Å². The molecule has 3 aliphatic rings. The molecule has 1 N–H and O–H groups in total. The van der Waals surface area contributed by atoms with Crippen molar-refractivity contribution in [1.82, 2.24) is 4.90 Å². The molecule has 0 aromatic heterocycles. The van der Waals surface area contributed by atoms with E-state index in [0.717, 1.165) is 48.4 Å². The number of nitro benzene ring substituents is 1. The standard InChI is InChI=1S/C28H26FN3O4/c29-20-6-7-24-25(23-4-2-1-3-19(23)16-36-28(24)13-20)11-18-5-8-26(27(12-18)32(33)34)30-21-14-22-17-35-10-9-31(22)15-21/h1-8,11-13,21-22,30H,9-10,14-17H2/t21-,22-/m1/s1. The van der Waals surface area contributed by atoms with E-state index in [1.165, 1.54) is 12.1 Å². The average molecular weight is 488 g/mol. The average Bonchev–Trinajstić information content (AvgIpc) is 3.23. The van der Waals surface area contributed by atoms with Gasteiger partial charge in [0.15, 0.2) is 0 Å². The lowest BCUT2D eigenvalue weighted by molar-refractivity contribution is -0.384. The summed E-state index contributed by atoms with van der Waals surface area (Å²) in [4.78, 5) is 14.1. The highest BCUT2D eigenvalue weighted by Gasteiger charge is 2.35. The first-order valence-corrected chi connectivity index (χ1v) is 12.1. The van der Waals surface area contributed by atoms with Crippen LogP contribution in [0.4, 0.5) is 15.8 Å². The van der Waals surface area contributed by atoms with Crippen LogP contribution in [0.5, 0.6) is 5.75 Å². The van der Waals surface area contributed by atoms with Gasteiger partial charge in [-0.3, -0.25) is 15.0 Å². The van der Waals surface area contributed by atoms with Crippen molar-refractivity contribution in [2.75, 3.05) is 31.6 Å². The fraction of sp³-hybridized carbons (Fsp3) is 0.286. The number of benzene rings is 3. The van der Waals surface area contributed by atoms with E-state index >= 15 is 0 Å². The number of halogens is 1. The molecule has 3 heterocycles. The van der Waals surface area contributed by atoms with Gasteiger partial charge in [0.1, 0.15) is 23.9 Å². The Hall–Kier alpha value is -3.75. The van der Waals surface area contributed by atoms with Crippen LogP contribution in [0.2, 0.25) is 0 Å². The molecule has 0 saturated carbocycles. The number of ether oxygens (including phenoxy) is 2. The maximum atomic E-state index is 14.0. The summed E-state index contributed by atoms with van der Waals surface area (Å²) in [5.74, 6) is 0.0756. The molecule has 0 unspecified atom stereocenters. The number of nitrogens with one attached hydrogen (secondary N) is 1. The van der Waals surface area contributed by atoms with Gasteiger partial charge >= 0.3 is 0 Å². The third-order valence-electron chi connectivity index (χ3n) is 7.17. The second-order valence-electron chi connectivity index (χ2n) is 9.48. The van der Waals surface area contributed by atoms with Gasteiger partial charge in [-0.1, -0.05) is 30.3 Å². The number of nitro groups is 1. The van der Waals surface area contributed by atoms with E-state index in [1.54, 1.807) is 18.2 Å². The maximum absolute atomic E-state index is 14.0. The smallest absolute Gasteiger partial charge is 0.292 e. The van der Waals surface area contributed by atoms with Gasteiger partial charge in [0.25, 0.3) is 5.69 Å². The topological polar surface area (TPSA) is 76.9 Å². The lowest BCUT2D eigenvalue weighted by Crippen LogP contribution is -2.40. The number of fused-ring (bicyclic) bond motifs is 3. The molecule has 7 nitrogen and oxygen atoms in total. The van der Waals surface area contributed by atoms with E-state index in [9.17, 15) is 14.5 Å². The quantitative estimate of drug-likeness (QED) is 0.408. The Morgan fingerprint density at radius 2 is 2.00 bits per heavy atom. The van der Waals surface area contributed by atoms with Crippen LogP contribution in [0.25, 0.3) is 11.6 Å². The monoisotopic (exact) mass is 487 g/mol. The molecule has 0 radical (unpaired) electrons. The highest BCUT2D eigenvalue weighted by molar-refractivity contribution is 5.95. The highest BCUT2D eigenvalue weighted by atomic mass is 19.1. The second-order valence-corrected chi connectivity index (χ2v) is 9.48. The van der Waals surface area contributed by atoms with Gasteiger partial charge in [0.2, 0.25) is 0 Å². The Morgan fingerprint density at radius 1 is 1.11 bits per heavy atom. The molecule has 3 aromatic carbocycles. The van der Waals surface area contributed by atoms with Crippen molar-refractivity contribution in [3.8, 4) is 5.75 Å². The molecule has 0 bridgehead atoms. The summed E-state index contributed by atoms with van der Waals surface area (Å²) in [6, 6.07) is 18.1. The Balaban J connectivity index is 1.36. The molecule has 3 aromatic rings. The lowest BCUT2D eigenvalue weighted by Gasteiger charge is -2.28. The normalized spacial score (nSPS) is 22.2. The highest BCUT2D eigenvalue weighted by Crippen LogP contribution is 2.39. The molecular formula is C28H26FN3O4. The summed E-state index contributed by atoms with van der Waals surface area (Å²) in [6.45, 7) is 3.51. The predicted octanol–water partition coefficient (Wildman–Crippen LogP) is 5.10. The van der Waals surface area contributed by atoms with Crippen molar-refractivity contribution in [3.63, 3.8) is 0 Å². The van der Waals surface area contributed by atoms with Crippen LogP contribution in [0.3, 0.4) is 0 Å². The minimum Gasteiger partial charge on any atom is -0.488 e. The molecule has 36 heavy (non-hydrogen) atoms. The number of anilines is 1. The number of hydrogen-bond donors (Lipinski definition) is 1. The molecule has 8 heteroatoms. The summed E-state index contributed by atoms with van der Waals surface area (Å²) < 4.78 is 25.5. The number of hydrogen-bond acceptors (Lipinski definition) is 6. The van der Waals surface area contributed by atoms with Crippen molar-refractivity contribution in [2.45, 2.75) is 25.1 Å². The van der Waals surface area contributed by atoms with E-state index in [-0.39, 0.29) is 22.5 Å². The van der Waals surface area contributed by atoms with Crippen LogP contribution in [-0.2, 0) is 11.3 Å². The van der Waals surface area contributed by atoms with Gasteiger partial charge in [-0.2, -0.15) is 0 Å². The van der Waals surface area contributed by atoms with E-state index < -0.39 is 0 Å². The Morgan fingerprint density at radius 3 is 2.86 bits per heavy atom. The van der Waals surface area contributed by atoms with E-state index in [4.69, 9.17) is 9.47 Å². The third kappa shape index (κ3) is 4.34. The molecule has 2 fully saturated rings. The summed E-state index contributed by atoms with van der Waals surface area (Å²) in [5.41, 5.74) is 4.73. The predicted molar refractivity (Wildman–Crippen MR) is 135 cm³/mol. The first-order valence-electron chi connectivity index (χ1n) is 12.1. The van der Waals surface area contributed by atoms with Crippen molar-refractivity contribution in [1.29, 1.82) is 0 Å². The first kappa shape index (κ1) is 22.7. The molecule has 0 amide bonds. The zero-order valence-corrected chi connectivity index (χ0v) is 19.7. The van der Waals surface area contributed by atoms with Crippen molar-refractivity contribution in [2.24, 2.45) is 0 Å². The zero-order valence-electron chi connectivity index (χ0n) is 19.7. The minimum atomic E-state index is -0.375. The second kappa shape index (κ2) is 9.37. The fourth-order valence-corrected chi connectivity index (χ4v) is 5.44. The zero-order chi connectivity index (χ0) is 24.6. The molecule has 3 aliphatic heterocycles. The van der Waals surface area contributed by atoms with Crippen LogP contribution >= 0.6 is 0 Å². The van der Waals surface area contributed by atoms with Gasteiger partial charge in [-0.15, -0.1) is 0 Å². The van der Waals surface area contributed by atoms with Gasteiger partial charge in [0, 0.05) is 42.9 Å². The van der Waals surface area contributed by atoms with Crippen molar-refractivity contribution < 1.29 is 18.8 Å². The summed E-state index contributed by atoms with van der Waals surface area (Å²) in [7, 11) is 0. The van der Waals surface area contributed by atoms with E-state index in [1.807, 2.05) is 36.4 Å². The molecule has 6 rings (SSSR count). The third-order valence-corrected chi connectivity index (χ3v) is 7.17. The molecular weight excluding hydrogens is 461 g/mol. The van der Waals surface area contributed by atoms with Crippen molar-refractivity contribution in [3.05, 3.63) is 98.8 Å². The number of nitrogens with zero attached hydrogens (tertiary/aromatic N) is 2. The van der Waals surface area contributed by atoms with Crippen molar-refractivity contribution >= 4 is 23.0 Å². The van der Waals surface area contributed by atoms with E-state index in [2.05, 4.69) is 10.2 Å². The van der Waals surface area contributed by atoms with Crippen LogP contribution in [0.15, 0.2) is 60.7 Å². The molecule has 0 aliphatic carbocycles. The van der Waals surface area contributed by atoms with Gasteiger partial charge in [-0.05, 0) is 53.0 Å². The summed E-state index contributed by atoms with van der Waals surface area (Å²) in [5, 5.41) is 15.4. The van der Waals surface area contributed by atoms with Gasteiger partial charge < -0.3 is 14.8 Å². The molecule has 2 saturated heterocycles. The van der Waals surface area contributed by atoms with Crippen LogP contribution in [0.1, 0.15) is 28.7 Å². The SMILES string of the molecule is O=[N+]([O-])c1cc(C=C2c3ccccc3COc3cc(F)ccc32)ccc1N[C@@H]1C[C@@H]2COCCN2C1. The summed E-state index contributed by atoms with van der Waals surface area (Å²) >= 11 is 0. The fourth-order valence-electron chi connectivity index (χ4n) is 5.44. The molecule has 184 valence electrons. The maximum Gasteiger partial charge on any atom is 0.292 e. The molecule has 2 atom stereocenters. The Bertz CT molecular complexity index is 1340. The largest absolute Gasteiger partial charge is 0.488 e. The Kier molecular flexibility index (Phi) is 5.91. The summed E-state index contributed by atoms with van der Waals surface area (Å²) in [6.07, 6.45) is 2.81. The van der Waals surface area contributed by atoms with Crippen LogP contribution in [0, 0.1) is 15.9 Å². The van der Waals surface area contributed by atoms with Gasteiger partial charge in [-0.25, -0.2) is 4.39 Å². The molecule has 0 spiro atoms. The number of morpholine rings is 1.